The van der Waals surface area contributed by atoms with Crippen molar-refractivity contribution in [1.82, 2.24) is 9.47 Å². The van der Waals surface area contributed by atoms with Gasteiger partial charge in [0.15, 0.2) is 0 Å². The molecule has 1 amide bonds. The van der Waals surface area contributed by atoms with E-state index in [0.29, 0.717) is 11.1 Å². The molecule has 1 aliphatic rings. The van der Waals surface area contributed by atoms with Crippen LogP contribution in [0, 0.1) is 6.92 Å². The maximum absolute atomic E-state index is 13.1. The zero-order valence-electron chi connectivity index (χ0n) is 13.5. The molecule has 1 aliphatic heterocycles. The molecular weight excluding hydrogens is 296 g/mol. The molecule has 0 spiro atoms. The lowest BCUT2D eigenvalue weighted by atomic mass is 10.0. The van der Waals surface area contributed by atoms with Crippen molar-refractivity contribution in [2.75, 3.05) is 6.54 Å². The second-order valence-electron chi connectivity index (χ2n) is 6.22. The van der Waals surface area contributed by atoms with Gasteiger partial charge in [0, 0.05) is 35.1 Å². The van der Waals surface area contributed by atoms with Gasteiger partial charge < -0.3 is 9.47 Å². The Balaban J connectivity index is 2.13. The first kappa shape index (κ1) is 15.4. The Kier molecular flexibility index (Phi) is 4.18. The van der Waals surface area contributed by atoms with Crippen LogP contribution in [-0.2, 0) is 6.54 Å². The van der Waals surface area contributed by atoms with Gasteiger partial charge in [0.25, 0.3) is 5.91 Å². The number of carbonyl (C=O) groups is 1. The predicted octanol–water partition coefficient (Wildman–Crippen LogP) is 4.64. The number of hydrogen-bond donors (Lipinski definition) is 0. The number of nitrogens with zero attached hydrogens (tertiary/aromatic N) is 2. The van der Waals surface area contributed by atoms with E-state index in [1.165, 1.54) is 6.42 Å². The molecule has 0 aliphatic carbocycles. The van der Waals surface area contributed by atoms with Crippen molar-refractivity contribution in [3.05, 3.63) is 34.5 Å². The van der Waals surface area contributed by atoms with E-state index in [2.05, 4.69) is 18.4 Å². The predicted molar refractivity (Wildman–Crippen MR) is 91.7 cm³/mol. The molecule has 0 saturated carbocycles. The molecule has 0 radical (unpaired) electrons. The summed E-state index contributed by atoms with van der Waals surface area (Å²) in [6, 6.07) is 6.21. The van der Waals surface area contributed by atoms with Crippen molar-refractivity contribution < 1.29 is 4.79 Å². The summed E-state index contributed by atoms with van der Waals surface area (Å²) in [5.41, 5.74) is 2.97. The van der Waals surface area contributed by atoms with Gasteiger partial charge in [-0.05, 0) is 63.8 Å². The summed E-state index contributed by atoms with van der Waals surface area (Å²) >= 11 is 6.14. The number of benzene rings is 1. The standard InChI is InChI=1S/C18H23ClN2O/c1-4-20-16-9-8-14(19)11-15(16)13(3)17(20)18(22)21-10-6-5-7-12(21)2/h8-9,11-12H,4-7,10H2,1-3H3. The van der Waals surface area contributed by atoms with E-state index in [9.17, 15) is 4.79 Å². The highest BCUT2D eigenvalue weighted by atomic mass is 35.5. The Hall–Kier alpha value is -1.48. The van der Waals surface area contributed by atoms with Crippen molar-refractivity contribution in [2.45, 2.75) is 52.6 Å². The van der Waals surface area contributed by atoms with Crippen LogP contribution in [-0.4, -0.2) is 28.0 Å². The number of amides is 1. The van der Waals surface area contributed by atoms with Crippen molar-refractivity contribution in [3.8, 4) is 0 Å². The fourth-order valence-electron chi connectivity index (χ4n) is 3.63. The zero-order chi connectivity index (χ0) is 15.9. The third-order valence-electron chi connectivity index (χ3n) is 4.86. The number of aryl methyl sites for hydroxylation is 2. The van der Waals surface area contributed by atoms with E-state index in [1.54, 1.807) is 0 Å². The number of carbonyl (C=O) groups excluding carboxylic acids is 1. The smallest absolute Gasteiger partial charge is 0.271 e. The molecule has 22 heavy (non-hydrogen) atoms. The van der Waals surface area contributed by atoms with E-state index in [0.717, 1.165) is 48.1 Å². The molecule has 2 heterocycles. The number of hydrogen-bond acceptors (Lipinski definition) is 1. The van der Waals surface area contributed by atoms with Crippen molar-refractivity contribution in [1.29, 1.82) is 0 Å². The molecule has 1 atom stereocenters. The third kappa shape index (κ3) is 2.41. The van der Waals surface area contributed by atoms with E-state index in [-0.39, 0.29) is 5.91 Å². The highest BCUT2D eigenvalue weighted by molar-refractivity contribution is 6.31. The van der Waals surface area contributed by atoms with Gasteiger partial charge in [-0.1, -0.05) is 11.6 Å². The van der Waals surface area contributed by atoms with Crippen LogP contribution in [0.3, 0.4) is 0 Å². The summed E-state index contributed by atoms with van der Waals surface area (Å²) < 4.78 is 2.13. The number of piperidine rings is 1. The minimum Gasteiger partial charge on any atom is -0.337 e. The van der Waals surface area contributed by atoms with Crippen LogP contribution in [0.1, 0.15) is 49.2 Å². The summed E-state index contributed by atoms with van der Waals surface area (Å²) in [5, 5.41) is 1.80. The average molecular weight is 319 g/mol. The Morgan fingerprint density at radius 2 is 2.14 bits per heavy atom. The maximum atomic E-state index is 13.1. The van der Waals surface area contributed by atoms with Crippen LogP contribution in [0.5, 0.6) is 0 Å². The van der Waals surface area contributed by atoms with Gasteiger partial charge in [-0.3, -0.25) is 4.79 Å². The second kappa shape index (κ2) is 5.96. The first-order valence-corrected chi connectivity index (χ1v) is 8.51. The first-order valence-electron chi connectivity index (χ1n) is 8.14. The van der Waals surface area contributed by atoms with Crippen molar-refractivity contribution in [3.63, 3.8) is 0 Å². The minimum absolute atomic E-state index is 0.166. The maximum Gasteiger partial charge on any atom is 0.271 e. The average Bonchev–Trinajstić information content (AvgIpc) is 2.79. The Morgan fingerprint density at radius 1 is 1.36 bits per heavy atom. The van der Waals surface area contributed by atoms with E-state index in [4.69, 9.17) is 11.6 Å². The summed E-state index contributed by atoms with van der Waals surface area (Å²) in [6.07, 6.45) is 3.42. The summed E-state index contributed by atoms with van der Waals surface area (Å²) in [7, 11) is 0. The fourth-order valence-corrected chi connectivity index (χ4v) is 3.81. The molecule has 4 heteroatoms. The molecule has 1 saturated heterocycles. The molecular formula is C18H23ClN2O. The topological polar surface area (TPSA) is 25.2 Å². The number of aromatic nitrogens is 1. The fraction of sp³-hybridized carbons (Fsp3) is 0.500. The Morgan fingerprint density at radius 3 is 2.82 bits per heavy atom. The number of fused-ring (bicyclic) bond motifs is 1. The van der Waals surface area contributed by atoms with Crippen molar-refractivity contribution >= 4 is 28.4 Å². The van der Waals surface area contributed by atoms with Gasteiger partial charge >= 0.3 is 0 Å². The summed E-state index contributed by atoms with van der Waals surface area (Å²) in [5.74, 6) is 0.166. The molecule has 2 aromatic rings. The van der Waals surface area contributed by atoms with Gasteiger partial charge in [0.2, 0.25) is 0 Å². The Bertz CT molecular complexity index is 719. The van der Waals surface area contributed by atoms with E-state index in [1.807, 2.05) is 30.0 Å². The number of likely N-dealkylation sites (tertiary alicyclic amines) is 1. The normalized spacial score (nSPS) is 18.9. The van der Waals surface area contributed by atoms with Gasteiger partial charge in [-0.15, -0.1) is 0 Å². The van der Waals surface area contributed by atoms with Crippen LogP contribution < -0.4 is 0 Å². The Labute approximate surface area is 136 Å². The molecule has 0 N–H and O–H groups in total. The second-order valence-corrected chi connectivity index (χ2v) is 6.66. The van der Waals surface area contributed by atoms with Gasteiger partial charge in [0.1, 0.15) is 5.69 Å². The summed E-state index contributed by atoms with van der Waals surface area (Å²) in [4.78, 5) is 15.2. The molecule has 1 fully saturated rings. The van der Waals surface area contributed by atoms with Gasteiger partial charge in [-0.2, -0.15) is 0 Å². The lowest BCUT2D eigenvalue weighted by Crippen LogP contribution is -2.43. The largest absolute Gasteiger partial charge is 0.337 e. The van der Waals surface area contributed by atoms with Crippen LogP contribution >= 0.6 is 11.6 Å². The van der Waals surface area contributed by atoms with Crippen LogP contribution in [0.4, 0.5) is 0 Å². The molecule has 3 rings (SSSR count). The lowest BCUT2D eigenvalue weighted by Gasteiger charge is -2.33. The van der Waals surface area contributed by atoms with Crippen LogP contribution in [0.15, 0.2) is 18.2 Å². The highest BCUT2D eigenvalue weighted by Gasteiger charge is 2.28. The van der Waals surface area contributed by atoms with E-state index >= 15 is 0 Å². The molecule has 1 unspecified atom stereocenters. The van der Waals surface area contributed by atoms with Crippen LogP contribution in [0.25, 0.3) is 10.9 Å². The zero-order valence-corrected chi connectivity index (χ0v) is 14.3. The SMILES string of the molecule is CCn1c(C(=O)N2CCCCC2C)c(C)c2cc(Cl)ccc21. The summed E-state index contributed by atoms with van der Waals surface area (Å²) in [6.45, 7) is 7.93. The molecule has 3 nitrogen and oxygen atoms in total. The highest BCUT2D eigenvalue weighted by Crippen LogP contribution is 2.30. The molecule has 1 aromatic heterocycles. The van der Waals surface area contributed by atoms with Gasteiger partial charge in [-0.25, -0.2) is 0 Å². The van der Waals surface area contributed by atoms with Gasteiger partial charge in [0.05, 0.1) is 0 Å². The number of rotatable bonds is 2. The van der Waals surface area contributed by atoms with E-state index < -0.39 is 0 Å². The lowest BCUT2D eigenvalue weighted by molar-refractivity contribution is 0.0624. The molecule has 1 aromatic carbocycles. The monoisotopic (exact) mass is 318 g/mol. The number of halogens is 1. The third-order valence-corrected chi connectivity index (χ3v) is 5.10. The molecule has 118 valence electrons. The molecule has 0 bridgehead atoms. The minimum atomic E-state index is 0.166. The van der Waals surface area contributed by atoms with Crippen LogP contribution in [0.2, 0.25) is 5.02 Å². The quantitative estimate of drug-likeness (QED) is 0.792. The first-order chi connectivity index (χ1) is 10.5. The van der Waals surface area contributed by atoms with Crippen molar-refractivity contribution in [2.24, 2.45) is 0 Å².